The minimum absolute atomic E-state index is 0.0146. The van der Waals surface area contributed by atoms with Gasteiger partial charge in [0.1, 0.15) is 11.6 Å². The van der Waals surface area contributed by atoms with Gasteiger partial charge in [-0.25, -0.2) is 12.7 Å². The Labute approximate surface area is 170 Å². The highest BCUT2D eigenvalue weighted by atomic mass is 32.2. The molecule has 0 bridgehead atoms. The van der Waals surface area contributed by atoms with Crippen LogP contribution in [-0.4, -0.2) is 75.7 Å². The first-order valence-corrected chi connectivity index (χ1v) is 11.8. The lowest BCUT2D eigenvalue weighted by Crippen LogP contribution is -2.37. The van der Waals surface area contributed by atoms with Gasteiger partial charge >= 0.3 is 0 Å². The Morgan fingerprint density at radius 3 is 2.48 bits per heavy atom. The highest BCUT2D eigenvalue weighted by Gasteiger charge is 2.30. The van der Waals surface area contributed by atoms with Crippen molar-refractivity contribution in [1.29, 1.82) is 0 Å². The van der Waals surface area contributed by atoms with E-state index in [1.165, 1.54) is 10.6 Å². The molecule has 0 unspecified atom stereocenters. The Hall–Kier alpha value is -2.33. The first-order valence-electron chi connectivity index (χ1n) is 9.92. The maximum atomic E-state index is 12.8. The van der Waals surface area contributed by atoms with Gasteiger partial charge in [-0.2, -0.15) is 0 Å². The largest absolute Gasteiger partial charge is 0.336 e. The number of nitrogens with zero attached hydrogens (tertiary/aromatic N) is 6. The zero-order valence-electron chi connectivity index (χ0n) is 16.8. The first kappa shape index (κ1) is 20.0. The van der Waals surface area contributed by atoms with Gasteiger partial charge in [0.25, 0.3) is 5.91 Å². The molecule has 1 fully saturated rings. The molecular weight excluding hydrogens is 392 g/mol. The van der Waals surface area contributed by atoms with Crippen molar-refractivity contribution in [2.45, 2.75) is 38.6 Å². The van der Waals surface area contributed by atoms with Crippen molar-refractivity contribution in [3.63, 3.8) is 0 Å². The molecule has 0 spiro atoms. The Morgan fingerprint density at radius 2 is 1.83 bits per heavy atom. The molecule has 1 amide bonds. The smallest absolute Gasteiger partial charge is 0.255 e. The molecule has 4 rings (SSSR count). The molecule has 0 saturated carbocycles. The van der Waals surface area contributed by atoms with Crippen LogP contribution in [0.5, 0.6) is 0 Å². The molecular formula is C19H26N6O3S. The molecule has 0 atom stereocenters. The number of aromatic nitrogens is 4. The Bertz CT molecular complexity index is 993. The van der Waals surface area contributed by atoms with Crippen molar-refractivity contribution >= 4 is 15.9 Å². The molecule has 1 saturated heterocycles. The Morgan fingerprint density at radius 1 is 1.07 bits per heavy atom. The van der Waals surface area contributed by atoms with Crippen LogP contribution in [0.3, 0.4) is 0 Å². The summed E-state index contributed by atoms with van der Waals surface area (Å²) in [4.78, 5) is 18.9. The average Bonchev–Trinajstić information content (AvgIpc) is 2.99. The molecule has 2 aliphatic heterocycles. The van der Waals surface area contributed by atoms with Crippen molar-refractivity contribution in [2.75, 3.05) is 32.4 Å². The molecule has 2 aromatic rings. The number of hydrogen-bond acceptors (Lipinski definition) is 6. The van der Waals surface area contributed by atoms with Crippen LogP contribution in [0.15, 0.2) is 18.3 Å². The minimum Gasteiger partial charge on any atom is -0.336 e. The van der Waals surface area contributed by atoms with Gasteiger partial charge in [-0.3, -0.25) is 9.78 Å². The van der Waals surface area contributed by atoms with Gasteiger partial charge in [-0.05, 0) is 31.9 Å². The molecule has 0 radical (unpaired) electrons. The quantitative estimate of drug-likeness (QED) is 0.731. The summed E-state index contributed by atoms with van der Waals surface area (Å²) in [6, 6.07) is 3.66. The van der Waals surface area contributed by atoms with Gasteiger partial charge in [0.2, 0.25) is 10.0 Å². The molecule has 9 nitrogen and oxygen atoms in total. The van der Waals surface area contributed by atoms with Gasteiger partial charge in [0, 0.05) is 57.0 Å². The number of carbonyl (C=O) groups excluding carboxylic acids is 1. The molecule has 0 aliphatic carbocycles. The molecule has 29 heavy (non-hydrogen) atoms. The summed E-state index contributed by atoms with van der Waals surface area (Å²) in [5.74, 6) is 1.99. The van der Waals surface area contributed by atoms with Gasteiger partial charge in [-0.15, -0.1) is 10.2 Å². The highest BCUT2D eigenvalue weighted by molar-refractivity contribution is 7.88. The number of aryl methyl sites for hydroxylation is 1. The van der Waals surface area contributed by atoms with Crippen LogP contribution in [0.4, 0.5) is 0 Å². The molecule has 0 aromatic carbocycles. The van der Waals surface area contributed by atoms with Crippen LogP contribution >= 0.6 is 0 Å². The maximum absolute atomic E-state index is 12.8. The van der Waals surface area contributed by atoms with E-state index < -0.39 is 10.0 Å². The van der Waals surface area contributed by atoms with Crippen LogP contribution in [0.25, 0.3) is 0 Å². The summed E-state index contributed by atoms with van der Waals surface area (Å²) in [5, 5.41) is 8.79. The Kier molecular flexibility index (Phi) is 5.39. The highest BCUT2D eigenvalue weighted by Crippen LogP contribution is 2.29. The third kappa shape index (κ3) is 4.18. The van der Waals surface area contributed by atoms with E-state index in [4.69, 9.17) is 0 Å². The SMILES string of the molecule is Cc1ccc(C(=O)N2CCc3nnc(C4CCN(S(C)(=O)=O)CC4)n3CC2)cn1. The van der Waals surface area contributed by atoms with E-state index in [0.29, 0.717) is 44.7 Å². The van der Waals surface area contributed by atoms with E-state index >= 15 is 0 Å². The number of amides is 1. The number of fused-ring (bicyclic) bond motifs is 1. The fourth-order valence-electron chi connectivity index (χ4n) is 4.07. The lowest BCUT2D eigenvalue weighted by Gasteiger charge is -2.30. The van der Waals surface area contributed by atoms with E-state index in [1.54, 1.807) is 6.20 Å². The van der Waals surface area contributed by atoms with Crippen molar-refractivity contribution in [2.24, 2.45) is 0 Å². The third-order valence-electron chi connectivity index (χ3n) is 5.79. The van der Waals surface area contributed by atoms with E-state index in [0.717, 1.165) is 30.2 Å². The molecule has 2 aliphatic rings. The topological polar surface area (TPSA) is 101 Å². The number of sulfonamides is 1. The van der Waals surface area contributed by atoms with Crippen molar-refractivity contribution < 1.29 is 13.2 Å². The lowest BCUT2D eigenvalue weighted by atomic mass is 9.97. The second-order valence-corrected chi connectivity index (χ2v) is 9.78. The number of piperidine rings is 1. The second-order valence-electron chi connectivity index (χ2n) is 7.79. The van der Waals surface area contributed by atoms with Gasteiger partial charge in [0.15, 0.2) is 0 Å². The molecule has 2 aromatic heterocycles. The van der Waals surface area contributed by atoms with Crippen molar-refractivity contribution in [1.82, 2.24) is 29.0 Å². The summed E-state index contributed by atoms with van der Waals surface area (Å²) in [7, 11) is -3.15. The van der Waals surface area contributed by atoms with E-state index in [1.807, 2.05) is 24.0 Å². The summed E-state index contributed by atoms with van der Waals surface area (Å²) in [5.41, 5.74) is 1.48. The maximum Gasteiger partial charge on any atom is 0.255 e. The lowest BCUT2D eigenvalue weighted by molar-refractivity contribution is 0.0758. The van der Waals surface area contributed by atoms with Crippen molar-refractivity contribution in [3.8, 4) is 0 Å². The van der Waals surface area contributed by atoms with Crippen molar-refractivity contribution in [3.05, 3.63) is 41.2 Å². The average molecular weight is 419 g/mol. The Balaban J connectivity index is 1.45. The van der Waals surface area contributed by atoms with Gasteiger partial charge < -0.3 is 9.47 Å². The monoisotopic (exact) mass is 418 g/mol. The zero-order valence-corrected chi connectivity index (χ0v) is 17.6. The number of carbonyl (C=O) groups is 1. The molecule has 10 heteroatoms. The fourth-order valence-corrected chi connectivity index (χ4v) is 4.95. The summed E-state index contributed by atoms with van der Waals surface area (Å²) >= 11 is 0. The van der Waals surface area contributed by atoms with Crippen LogP contribution < -0.4 is 0 Å². The predicted molar refractivity (Wildman–Crippen MR) is 107 cm³/mol. The van der Waals surface area contributed by atoms with Crippen LogP contribution in [0.2, 0.25) is 0 Å². The summed E-state index contributed by atoms with van der Waals surface area (Å²) < 4.78 is 27.1. The van der Waals surface area contributed by atoms with E-state index in [2.05, 4.69) is 19.7 Å². The van der Waals surface area contributed by atoms with E-state index in [-0.39, 0.29) is 11.8 Å². The molecule has 4 heterocycles. The number of pyridine rings is 1. The number of rotatable bonds is 3. The normalized spacial score (nSPS) is 19.0. The number of hydrogen-bond donors (Lipinski definition) is 0. The minimum atomic E-state index is -3.15. The second kappa shape index (κ2) is 7.83. The van der Waals surface area contributed by atoms with Crippen LogP contribution in [0, 0.1) is 6.92 Å². The predicted octanol–water partition coefficient (Wildman–Crippen LogP) is 0.819. The zero-order chi connectivity index (χ0) is 20.6. The summed E-state index contributed by atoms with van der Waals surface area (Å²) in [6.07, 6.45) is 5.02. The van der Waals surface area contributed by atoms with E-state index in [9.17, 15) is 13.2 Å². The van der Waals surface area contributed by atoms with Crippen LogP contribution in [0.1, 0.15) is 46.5 Å². The third-order valence-corrected chi connectivity index (χ3v) is 7.09. The standard InChI is InChI=1S/C19H26N6O3S/c1-14-3-4-16(13-20-14)19(26)23-8-7-17-21-22-18(25(17)12-11-23)15-5-9-24(10-6-15)29(2,27)28/h3-4,13,15H,5-12H2,1-2H3. The molecule has 156 valence electrons. The summed E-state index contributed by atoms with van der Waals surface area (Å²) in [6.45, 7) is 4.75. The fraction of sp³-hybridized carbons (Fsp3) is 0.579. The van der Waals surface area contributed by atoms with Crippen LogP contribution in [-0.2, 0) is 23.0 Å². The van der Waals surface area contributed by atoms with Gasteiger partial charge in [0.05, 0.1) is 11.8 Å². The molecule has 0 N–H and O–H groups in total. The van der Waals surface area contributed by atoms with Gasteiger partial charge in [-0.1, -0.05) is 0 Å². The first-order chi connectivity index (χ1) is 13.8.